The van der Waals surface area contributed by atoms with Crippen LogP contribution < -0.4 is 59.1 Å². The highest BCUT2D eigenvalue weighted by molar-refractivity contribution is 8.77. The zero-order valence-electron chi connectivity index (χ0n) is 67.7. The predicted octanol–water partition coefficient (Wildman–Crippen LogP) is 9.58. The Labute approximate surface area is 710 Å². The minimum Gasteiger partial charge on any atom is -0.480 e. The van der Waals surface area contributed by atoms with Gasteiger partial charge in [0, 0.05) is 212 Å². The summed E-state index contributed by atoms with van der Waals surface area (Å²) >= 11 is 0. The van der Waals surface area contributed by atoms with Crippen LogP contribution >= 0.6 is 43.2 Å². The fraction of sp³-hybridized carbons (Fsp3) is 0.356. The van der Waals surface area contributed by atoms with Crippen molar-refractivity contribution in [3.63, 3.8) is 0 Å². The molecule has 0 aliphatic heterocycles. The summed E-state index contributed by atoms with van der Waals surface area (Å²) in [6.07, 6.45) is 37.3. The van der Waals surface area contributed by atoms with E-state index in [0.717, 1.165) is 142 Å². The van der Waals surface area contributed by atoms with Gasteiger partial charge >= 0.3 is 11.9 Å². The number of carbonyl (C=O) groups excluding carboxylic acids is 4. The van der Waals surface area contributed by atoms with Crippen LogP contribution in [0.2, 0.25) is 0 Å². The first-order valence-electron chi connectivity index (χ1n) is 39.9. The molecule has 8 rings (SSSR count). The second kappa shape index (κ2) is 56.2. The summed E-state index contributed by atoms with van der Waals surface area (Å²) in [7, 11) is 10.3. The molecular formula is C90H116N12O12S4+4. The van der Waals surface area contributed by atoms with Crippen molar-refractivity contribution in [3.05, 3.63) is 240 Å². The van der Waals surface area contributed by atoms with Gasteiger partial charge in [0.05, 0.1) is 26.4 Å². The van der Waals surface area contributed by atoms with E-state index in [-0.39, 0.29) is 63.1 Å². The maximum absolute atomic E-state index is 12.3. The highest BCUT2D eigenvalue weighted by Gasteiger charge is 2.14. The Kier molecular flexibility index (Phi) is 45.1. The van der Waals surface area contributed by atoms with Gasteiger partial charge in [0.15, 0.2) is 49.6 Å². The smallest absolute Gasteiger partial charge is 0.323 e. The summed E-state index contributed by atoms with van der Waals surface area (Å²) in [6, 6.07) is 47.9. The van der Waals surface area contributed by atoms with Crippen molar-refractivity contribution >= 4 is 150 Å². The average Bonchev–Trinajstić information content (AvgIpc) is 1.78. The number of aliphatic carboxylic acids is 2. The van der Waals surface area contributed by atoms with Crippen LogP contribution in [0.4, 0.5) is 22.7 Å². The van der Waals surface area contributed by atoms with E-state index < -0.39 is 11.9 Å². The maximum Gasteiger partial charge on any atom is 0.323 e. The van der Waals surface area contributed by atoms with Crippen molar-refractivity contribution in [1.82, 2.24) is 21.3 Å². The monoisotopic (exact) mass is 1680 g/mol. The quantitative estimate of drug-likeness (QED) is 0.00964. The lowest BCUT2D eigenvalue weighted by molar-refractivity contribution is -0.697. The van der Waals surface area contributed by atoms with Crippen molar-refractivity contribution in [2.45, 2.75) is 77.5 Å². The molecule has 0 saturated carbocycles. The number of aliphatic hydroxyl groups excluding tert-OH is 4. The molecule has 0 bridgehead atoms. The zero-order valence-corrected chi connectivity index (χ0v) is 70.9. The van der Waals surface area contributed by atoms with Crippen LogP contribution in [0.25, 0.3) is 48.6 Å². The van der Waals surface area contributed by atoms with E-state index in [2.05, 4.69) is 88.1 Å². The molecular weight excluding hydrogens is 1570 g/mol. The molecule has 0 saturated heterocycles. The largest absolute Gasteiger partial charge is 0.480 e. The van der Waals surface area contributed by atoms with Crippen LogP contribution in [0.15, 0.2) is 195 Å². The van der Waals surface area contributed by atoms with Gasteiger partial charge in [-0.2, -0.15) is 0 Å². The number of hydrogen-bond donors (Lipinski definition) is 10. The predicted molar refractivity (Wildman–Crippen MR) is 481 cm³/mol. The second-order valence-corrected chi connectivity index (χ2v) is 33.1. The molecule has 4 heterocycles. The number of aliphatic hydroxyl groups is 4. The lowest BCUT2D eigenvalue weighted by atomic mass is 10.1. The van der Waals surface area contributed by atoms with Gasteiger partial charge in [-0.3, -0.25) is 28.8 Å². The summed E-state index contributed by atoms with van der Waals surface area (Å²) in [5.41, 5.74) is 12.1. The summed E-state index contributed by atoms with van der Waals surface area (Å²) < 4.78 is 8.30. The fourth-order valence-electron chi connectivity index (χ4n) is 12.0. The lowest BCUT2D eigenvalue weighted by Crippen LogP contribution is -2.34. The topological polar surface area (TPSA) is 300 Å². The lowest BCUT2D eigenvalue weighted by Gasteiger charge is -2.22. The first-order chi connectivity index (χ1) is 57.4. The Morgan fingerprint density at radius 1 is 0.305 bits per heavy atom. The van der Waals surface area contributed by atoms with Crippen LogP contribution in [-0.4, -0.2) is 195 Å². The molecule has 628 valence electrons. The molecule has 24 nitrogen and oxygen atoms in total. The molecule has 28 heteroatoms. The van der Waals surface area contributed by atoms with Gasteiger partial charge in [0.25, 0.3) is 0 Å². The highest BCUT2D eigenvalue weighted by atomic mass is 33.1. The van der Waals surface area contributed by atoms with Gasteiger partial charge in [-0.15, -0.1) is 0 Å². The number of likely N-dealkylation sites (N-methyl/N-ethyl adjacent to an activating group) is 2. The first kappa shape index (κ1) is 94.8. The number of benzene rings is 4. The third kappa shape index (κ3) is 39.3. The number of pyridine rings is 4. The van der Waals surface area contributed by atoms with E-state index >= 15 is 0 Å². The molecule has 8 aromatic rings. The van der Waals surface area contributed by atoms with Crippen LogP contribution in [-0.2, 0) is 54.9 Å². The minimum absolute atomic E-state index is 0.0371. The van der Waals surface area contributed by atoms with E-state index in [9.17, 15) is 49.2 Å². The first-order valence-corrected chi connectivity index (χ1v) is 44.9. The molecule has 4 amide bonds. The molecule has 0 aliphatic rings. The third-order valence-electron chi connectivity index (χ3n) is 18.4. The van der Waals surface area contributed by atoms with Gasteiger partial charge in [-0.05, 0) is 93.0 Å². The summed E-state index contributed by atoms with van der Waals surface area (Å²) in [4.78, 5) is 78.4. The maximum atomic E-state index is 12.3. The molecule has 118 heavy (non-hydrogen) atoms. The summed E-state index contributed by atoms with van der Waals surface area (Å²) in [5.74, 6) is 1.69. The third-order valence-corrected chi connectivity index (χ3v) is 23.2. The van der Waals surface area contributed by atoms with Crippen molar-refractivity contribution < 1.29 is 77.7 Å². The number of anilines is 4. The number of aryl methyl sites for hydroxylation is 4. The number of carboxylic acid groups (broad SMARTS) is 2. The molecule has 4 aromatic carbocycles. The number of nitrogens with one attached hydrogen (secondary N) is 4. The Bertz CT molecular complexity index is 4090. The molecule has 0 atom stereocenters. The Hall–Kier alpha value is -10.3. The van der Waals surface area contributed by atoms with Gasteiger partial charge in [0.1, 0.15) is 39.3 Å². The number of nitrogens with zero attached hydrogens (tertiary/aromatic N) is 8. The SMILES string of the molecule is CN(CC(=O)O)c1ccc(/C=C/c2cc[n+](CCCC(=O)NCCSSCCNC(=O)CCC[n+]3ccc(/C=C/c4ccc(N(C)CC(=O)O)cc4)cc3)cc2)cc1.O=C(CCC[n+]1ccc(/C=C/c2ccc(N(CCO)CCO)cc2)cc1)NCCSSCCNC(=O)CCC[n+]1ccc(/C=C/c2ccc(N(CCO)CCO)cc2)cc1. The van der Waals surface area contributed by atoms with E-state index in [0.29, 0.717) is 78.0 Å². The van der Waals surface area contributed by atoms with Gasteiger partial charge < -0.3 is 71.5 Å². The van der Waals surface area contributed by atoms with Crippen molar-refractivity contribution in [1.29, 1.82) is 0 Å². The average molecular weight is 1690 g/mol. The number of carboxylic acids is 2. The standard InChI is InChI=1S/C46H60N6O6S2.C44H52N6O6S2/c53-33-29-51(30-34-54)43-13-9-39(10-14-43)5-7-41-17-25-49(26-18-41)23-1-3-45(57)47-21-37-59-60-38-22-48-46(58)4-2-24-50-27-19-42(20-28-50)8-6-40-11-15-44(16-12-40)52(31-35-55)32-36-56;1-47(33-43(53)54)39-15-11-35(12-16-39)7-9-37-19-27-49(28-20-37)25-3-5-41(51)45-23-31-57-58-32-24-46-42(52)6-4-26-50-29-21-38(22-30-50)10-8-36-13-17-40(18-14-36)48(2)34-44(55)56/h5-20,25-28,53-56H,1-4,21-24,29-38H2;7-22,27-30H,3-6,23-26,31-34H2,1-2H3,(H2-2,45,46,51,52,53,54,55,56)/p+4. The molecule has 0 aliphatic carbocycles. The van der Waals surface area contributed by atoms with Crippen LogP contribution in [0, 0.1) is 0 Å². The number of carbonyl (C=O) groups is 6. The van der Waals surface area contributed by atoms with E-state index in [1.54, 1.807) is 67.1 Å². The summed E-state index contributed by atoms with van der Waals surface area (Å²) in [6.45, 7) is 7.45. The minimum atomic E-state index is -0.866. The second-order valence-electron chi connectivity index (χ2n) is 27.6. The van der Waals surface area contributed by atoms with Gasteiger partial charge in [-0.1, -0.05) is 140 Å². The summed E-state index contributed by atoms with van der Waals surface area (Å²) in [5, 5.41) is 67.0. The number of amides is 4. The van der Waals surface area contributed by atoms with Crippen molar-refractivity contribution in [2.24, 2.45) is 0 Å². The Morgan fingerprint density at radius 2 is 0.500 bits per heavy atom. The molecule has 4 aromatic heterocycles. The zero-order chi connectivity index (χ0) is 84.2. The highest BCUT2D eigenvalue weighted by Crippen LogP contribution is 2.23. The van der Waals surface area contributed by atoms with Gasteiger partial charge in [-0.25, -0.2) is 18.3 Å². The van der Waals surface area contributed by atoms with Crippen LogP contribution in [0.1, 0.15) is 95.9 Å². The molecule has 0 spiro atoms. The van der Waals surface area contributed by atoms with Crippen LogP contribution in [0.3, 0.4) is 0 Å². The van der Waals surface area contributed by atoms with Gasteiger partial charge in [0.2, 0.25) is 23.6 Å². The molecule has 0 fully saturated rings. The number of aromatic nitrogens is 4. The van der Waals surface area contributed by atoms with Crippen LogP contribution in [0.5, 0.6) is 0 Å². The van der Waals surface area contributed by atoms with E-state index in [1.165, 1.54) is 0 Å². The van der Waals surface area contributed by atoms with E-state index in [4.69, 9.17) is 10.2 Å². The Morgan fingerprint density at radius 3 is 0.695 bits per heavy atom. The van der Waals surface area contributed by atoms with Crippen molar-refractivity contribution in [3.8, 4) is 0 Å². The van der Waals surface area contributed by atoms with Crippen molar-refractivity contribution in [2.75, 3.05) is 149 Å². The number of rotatable bonds is 54. The molecule has 0 radical (unpaired) electrons. The molecule has 10 N–H and O–H groups in total. The normalized spacial score (nSPS) is 11.2. The Balaban J connectivity index is 0.000000326. The number of hydrogen-bond acceptors (Lipinski definition) is 18. The fourth-order valence-corrected chi connectivity index (χ4v) is 15.6. The van der Waals surface area contributed by atoms with E-state index in [1.807, 2.05) is 205 Å². The molecule has 0 unspecified atom stereocenters.